The number of benzene rings is 8. The normalized spacial score (nSPS) is 11.7. The SMILES string of the molecule is Cc1ccccc1-c1ccc2c(c1)c1ccccc1n2-c1cc(-c2ccc(C#N)cc2C(F)(F)F)cc(-n2c3ccccc3c3cc(-c4ccccc4C)ccc32)c1C#N. The summed E-state index contributed by atoms with van der Waals surface area (Å²) in [7, 11) is 0. The van der Waals surface area contributed by atoms with E-state index in [0.29, 0.717) is 11.4 Å². The first kappa shape index (κ1) is 36.5. The topological polar surface area (TPSA) is 57.4 Å². The maximum Gasteiger partial charge on any atom is 0.417 e. The number of halogens is 3. The number of aromatic nitrogens is 2. The zero-order chi connectivity index (χ0) is 41.3. The van der Waals surface area contributed by atoms with Gasteiger partial charge in [0.25, 0.3) is 0 Å². The number of alkyl halides is 3. The van der Waals surface area contributed by atoms with Gasteiger partial charge in [-0.1, -0.05) is 103 Å². The first-order chi connectivity index (χ1) is 29.1. The Kier molecular flexibility index (Phi) is 8.45. The molecule has 286 valence electrons. The maximum absolute atomic E-state index is 15.0. The van der Waals surface area contributed by atoms with Gasteiger partial charge in [0.2, 0.25) is 0 Å². The second-order valence-electron chi connectivity index (χ2n) is 15.2. The summed E-state index contributed by atoms with van der Waals surface area (Å²) < 4.78 is 49.0. The van der Waals surface area contributed by atoms with Crippen LogP contribution in [0.4, 0.5) is 13.2 Å². The molecule has 7 heteroatoms. The highest BCUT2D eigenvalue weighted by Crippen LogP contribution is 2.44. The van der Waals surface area contributed by atoms with E-state index in [-0.39, 0.29) is 22.3 Å². The number of fused-ring (bicyclic) bond motifs is 6. The van der Waals surface area contributed by atoms with Gasteiger partial charge in [0, 0.05) is 21.5 Å². The highest BCUT2D eigenvalue weighted by molar-refractivity contribution is 6.12. The van der Waals surface area contributed by atoms with Crippen LogP contribution in [0.3, 0.4) is 0 Å². The number of para-hydroxylation sites is 2. The summed E-state index contributed by atoms with van der Waals surface area (Å²) in [5.74, 6) is 0. The van der Waals surface area contributed by atoms with Gasteiger partial charge < -0.3 is 9.13 Å². The number of rotatable bonds is 5. The minimum atomic E-state index is -4.77. The van der Waals surface area contributed by atoms with Crippen molar-refractivity contribution in [2.45, 2.75) is 20.0 Å². The van der Waals surface area contributed by atoms with Crippen molar-refractivity contribution in [1.29, 1.82) is 10.5 Å². The first-order valence-corrected chi connectivity index (χ1v) is 19.5. The molecule has 0 aliphatic rings. The highest BCUT2D eigenvalue weighted by Gasteiger charge is 2.35. The number of hydrogen-bond donors (Lipinski definition) is 0. The van der Waals surface area contributed by atoms with Crippen molar-refractivity contribution < 1.29 is 13.2 Å². The molecule has 0 N–H and O–H groups in total. The van der Waals surface area contributed by atoms with Crippen LogP contribution in [0.5, 0.6) is 0 Å². The number of nitrogens with zero attached hydrogens (tertiary/aromatic N) is 4. The second kappa shape index (κ2) is 13.9. The van der Waals surface area contributed by atoms with E-state index in [1.54, 1.807) is 12.1 Å². The highest BCUT2D eigenvalue weighted by atomic mass is 19.4. The Morgan fingerprint density at radius 2 is 0.900 bits per heavy atom. The van der Waals surface area contributed by atoms with Gasteiger partial charge in [-0.15, -0.1) is 0 Å². The molecule has 0 bridgehead atoms. The molecular weight excluding hydrogens is 750 g/mol. The molecule has 8 aromatic carbocycles. The summed E-state index contributed by atoms with van der Waals surface area (Å²) in [6.07, 6.45) is -4.77. The fraction of sp³-hybridized carbons (Fsp3) is 0.0566. The van der Waals surface area contributed by atoms with Gasteiger partial charge in [-0.05, 0) is 119 Å². The molecule has 0 fully saturated rings. The fourth-order valence-electron chi connectivity index (χ4n) is 8.93. The average molecular weight is 783 g/mol. The van der Waals surface area contributed by atoms with Gasteiger partial charge in [-0.3, -0.25) is 0 Å². The Hall–Kier alpha value is -7.87. The zero-order valence-corrected chi connectivity index (χ0v) is 32.5. The van der Waals surface area contributed by atoms with Gasteiger partial charge in [-0.25, -0.2) is 0 Å². The Bertz CT molecular complexity index is 3300. The molecular formula is C53H33F3N4. The monoisotopic (exact) mass is 782 g/mol. The maximum atomic E-state index is 15.0. The summed E-state index contributed by atoms with van der Waals surface area (Å²) in [4.78, 5) is 0. The molecule has 2 heterocycles. The van der Waals surface area contributed by atoms with Crippen LogP contribution in [0.25, 0.3) is 88.4 Å². The molecule has 10 aromatic rings. The van der Waals surface area contributed by atoms with Crippen LogP contribution in [-0.2, 0) is 6.18 Å². The Morgan fingerprint density at radius 3 is 1.37 bits per heavy atom. The summed E-state index contributed by atoms with van der Waals surface area (Å²) >= 11 is 0. The van der Waals surface area contributed by atoms with Gasteiger partial charge in [0.1, 0.15) is 11.6 Å². The van der Waals surface area contributed by atoms with E-state index in [1.807, 2.05) is 100 Å². The molecule has 0 saturated carbocycles. The van der Waals surface area contributed by atoms with Gasteiger partial charge >= 0.3 is 6.18 Å². The first-order valence-electron chi connectivity index (χ1n) is 19.5. The van der Waals surface area contributed by atoms with Crippen LogP contribution in [0.15, 0.2) is 164 Å². The van der Waals surface area contributed by atoms with E-state index in [9.17, 15) is 10.5 Å². The van der Waals surface area contributed by atoms with Gasteiger partial charge in [0.05, 0.1) is 50.6 Å². The second-order valence-corrected chi connectivity index (χ2v) is 15.2. The third kappa shape index (κ3) is 5.74. The molecule has 10 rings (SSSR count). The summed E-state index contributed by atoms with van der Waals surface area (Å²) in [6, 6.07) is 56.1. The van der Waals surface area contributed by atoms with E-state index in [1.165, 1.54) is 12.1 Å². The summed E-state index contributed by atoms with van der Waals surface area (Å²) in [5, 5.41) is 24.8. The number of hydrogen-bond acceptors (Lipinski definition) is 2. The molecule has 0 atom stereocenters. The minimum absolute atomic E-state index is 0.0983. The molecule has 0 radical (unpaired) electrons. The molecule has 0 aliphatic carbocycles. The van der Waals surface area contributed by atoms with Crippen molar-refractivity contribution in [1.82, 2.24) is 9.13 Å². The third-order valence-electron chi connectivity index (χ3n) is 11.7. The van der Waals surface area contributed by atoms with Crippen LogP contribution >= 0.6 is 0 Å². The van der Waals surface area contributed by atoms with E-state index in [2.05, 4.69) is 68.4 Å². The van der Waals surface area contributed by atoms with Crippen molar-refractivity contribution >= 4 is 43.6 Å². The third-order valence-corrected chi connectivity index (χ3v) is 11.7. The van der Waals surface area contributed by atoms with Crippen LogP contribution in [0, 0.1) is 36.5 Å². The zero-order valence-electron chi connectivity index (χ0n) is 32.5. The molecule has 0 spiro atoms. The summed E-state index contributed by atoms with van der Waals surface area (Å²) in [6.45, 7) is 4.15. The van der Waals surface area contributed by atoms with Crippen molar-refractivity contribution in [3.05, 3.63) is 192 Å². The molecule has 0 amide bonds. The van der Waals surface area contributed by atoms with E-state index < -0.39 is 11.7 Å². The lowest BCUT2D eigenvalue weighted by Gasteiger charge is -2.20. The molecule has 0 unspecified atom stereocenters. The Morgan fingerprint density at radius 1 is 0.433 bits per heavy atom. The largest absolute Gasteiger partial charge is 0.417 e. The Balaban J connectivity index is 1.33. The van der Waals surface area contributed by atoms with Crippen molar-refractivity contribution in [3.8, 4) is 56.9 Å². The van der Waals surface area contributed by atoms with Gasteiger partial charge in [0.15, 0.2) is 0 Å². The minimum Gasteiger partial charge on any atom is -0.308 e. The van der Waals surface area contributed by atoms with Crippen molar-refractivity contribution in [2.24, 2.45) is 0 Å². The van der Waals surface area contributed by atoms with Crippen LogP contribution in [0.2, 0.25) is 0 Å². The molecule has 0 aliphatic heterocycles. The van der Waals surface area contributed by atoms with Crippen LogP contribution in [0.1, 0.15) is 27.8 Å². The van der Waals surface area contributed by atoms with Crippen molar-refractivity contribution in [2.75, 3.05) is 0 Å². The van der Waals surface area contributed by atoms with Crippen LogP contribution in [-0.4, -0.2) is 9.13 Å². The molecule has 0 saturated heterocycles. The predicted molar refractivity (Wildman–Crippen MR) is 235 cm³/mol. The lowest BCUT2D eigenvalue weighted by Crippen LogP contribution is -2.09. The van der Waals surface area contributed by atoms with E-state index in [0.717, 1.165) is 83.1 Å². The van der Waals surface area contributed by atoms with Crippen LogP contribution < -0.4 is 0 Å². The van der Waals surface area contributed by atoms with E-state index in [4.69, 9.17) is 0 Å². The van der Waals surface area contributed by atoms with Gasteiger partial charge in [-0.2, -0.15) is 23.7 Å². The molecule has 4 nitrogen and oxygen atoms in total. The Labute approximate surface area is 343 Å². The van der Waals surface area contributed by atoms with Crippen molar-refractivity contribution in [3.63, 3.8) is 0 Å². The smallest absolute Gasteiger partial charge is 0.308 e. The number of nitriles is 2. The standard InChI is InChI=1S/C53H33F3N4/c1-32-11-3-5-13-38(32)35-20-23-49-43(26-35)41-15-7-9-17-47(41)59(49)51-28-37(40-22-19-34(30-57)25-46(40)53(54,55)56)29-52(45(51)31-58)60-48-18-10-8-16-42(48)44-27-36(21-24-50(44)60)39-14-6-4-12-33(39)2/h3-29H,1-2H3. The average Bonchev–Trinajstić information content (AvgIpc) is 3.77. The predicted octanol–water partition coefficient (Wildman–Crippen LogP) is 14.3. The lowest BCUT2D eigenvalue weighted by atomic mass is 9.94. The van der Waals surface area contributed by atoms with E-state index >= 15 is 13.2 Å². The fourth-order valence-corrected chi connectivity index (χ4v) is 8.93. The quantitative estimate of drug-likeness (QED) is 0.175. The molecule has 2 aromatic heterocycles. The molecule has 60 heavy (non-hydrogen) atoms. The summed E-state index contributed by atoms with van der Waals surface area (Å²) in [5.41, 5.74) is 9.98. The number of aryl methyl sites for hydroxylation is 2. The lowest BCUT2D eigenvalue weighted by molar-refractivity contribution is -0.137.